The fraction of sp³-hybridized carbons (Fsp3) is 0.188. The van der Waals surface area contributed by atoms with E-state index in [2.05, 4.69) is 5.32 Å². The summed E-state index contributed by atoms with van der Waals surface area (Å²) in [6.07, 6.45) is 1.42. The van der Waals surface area contributed by atoms with Gasteiger partial charge >= 0.3 is 5.97 Å². The molecule has 1 heterocycles. The van der Waals surface area contributed by atoms with Gasteiger partial charge in [-0.25, -0.2) is 0 Å². The highest BCUT2D eigenvalue weighted by molar-refractivity contribution is 6.07. The number of carboxylic acid groups (broad SMARTS) is 1. The maximum atomic E-state index is 12.2. The van der Waals surface area contributed by atoms with Gasteiger partial charge in [-0.2, -0.15) is 0 Å². The van der Waals surface area contributed by atoms with Gasteiger partial charge in [0.05, 0.1) is 12.2 Å². The third kappa shape index (κ3) is 3.60. The molecule has 1 aromatic heterocycles. The Morgan fingerprint density at radius 2 is 2.00 bits per heavy atom. The maximum Gasteiger partial charge on any atom is 0.322 e. The van der Waals surface area contributed by atoms with Gasteiger partial charge in [0.2, 0.25) is 11.7 Å². The van der Waals surface area contributed by atoms with Crippen molar-refractivity contribution in [3.8, 4) is 0 Å². The largest absolute Gasteiger partial charge is 0.480 e. The van der Waals surface area contributed by atoms with E-state index in [1.807, 2.05) is 0 Å². The summed E-state index contributed by atoms with van der Waals surface area (Å²) in [4.78, 5) is 34.5. The van der Waals surface area contributed by atoms with Gasteiger partial charge in [-0.3, -0.25) is 14.4 Å². The van der Waals surface area contributed by atoms with Crippen LogP contribution in [0, 0.1) is 0 Å². The van der Waals surface area contributed by atoms with Crippen LogP contribution in [0.25, 0.3) is 0 Å². The van der Waals surface area contributed by atoms with Gasteiger partial charge in [-0.15, -0.1) is 0 Å². The Balaban J connectivity index is 2.15. The summed E-state index contributed by atoms with van der Waals surface area (Å²) in [5.41, 5.74) is 1.03. The highest BCUT2D eigenvalue weighted by atomic mass is 16.4. The molecule has 1 unspecified atom stereocenters. The molecule has 0 fully saturated rings. The first-order valence-electron chi connectivity index (χ1n) is 6.66. The molecule has 22 heavy (non-hydrogen) atoms. The van der Waals surface area contributed by atoms with E-state index in [-0.39, 0.29) is 11.5 Å². The minimum Gasteiger partial charge on any atom is -0.480 e. The lowest BCUT2D eigenvalue weighted by atomic mass is 9.96. The number of carbonyl (C=O) groups is 3. The van der Waals surface area contributed by atoms with Crippen LogP contribution in [0.3, 0.4) is 0 Å². The van der Waals surface area contributed by atoms with E-state index in [4.69, 9.17) is 9.52 Å². The Kier molecular flexibility index (Phi) is 4.73. The average Bonchev–Trinajstić information content (AvgIpc) is 3.05. The van der Waals surface area contributed by atoms with Crippen LogP contribution >= 0.6 is 0 Å². The van der Waals surface area contributed by atoms with Crippen molar-refractivity contribution < 1.29 is 23.9 Å². The topological polar surface area (TPSA) is 96.6 Å². The molecule has 0 aliphatic heterocycles. The predicted octanol–water partition coefficient (Wildman–Crippen LogP) is 1.81. The number of amides is 1. The van der Waals surface area contributed by atoms with Crippen molar-refractivity contribution in [1.82, 2.24) is 5.32 Å². The first-order chi connectivity index (χ1) is 10.5. The van der Waals surface area contributed by atoms with Gasteiger partial charge in [0.25, 0.3) is 0 Å². The van der Waals surface area contributed by atoms with Crippen LogP contribution in [-0.4, -0.2) is 29.3 Å². The molecule has 6 nitrogen and oxygen atoms in total. The van der Waals surface area contributed by atoms with Gasteiger partial charge in [0.1, 0.15) is 6.54 Å². The first kappa shape index (κ1) is 15.5. The quantitative estimate of drug-likeness (QED) is 0.793. The number of furan rings is 1. The summed E-state index contributed by atoms with van der Waals surface area (Å²) in [5.74, 6) is -2.14. The van der Waals surface area contributed by atoms with E-state index in [0.29, 0.717) is 11.1 Å². The number of benzene rings is 1. The zero-order valence-corrected chi connectivity index (χ0v) is 11.9. The normalized spacial score (nSPS) is 11.7. The summed E-state index contributed by atoms with van der Waals surface area (Å²) in [7, 11) is 0. The molecule has 6 heteroatoms. The third-order valence-electron chi connectivity index (χ3n) is 3.20. The SMILES string of the molecule is CC(C(=O)NCC(=O)O)c1cccc(C(=O)c2ccco2)c1. The summed E-state index contributed by atoms with van der Waals surface area (Å²) >= 11 is 0. The van der Waals surface area contributed by atoms with Gasteiger partial charge in [0, 0.05) is 5.56 Å². The van der Waals surface area contributed by atoms with E-state index in [1.54, 1.807) is 43.3 Å². The van der Waals surface area contributed by atoms with Crippen LogP contribution in [-0.2, 0) is 9.59 Å². The summed E-state index contributed by atoms with van der Waals surface area (Å²) < 4.78 is 5.07. The second-order valence-corrected chi connectivity index (χ2v) is 4.77. The van der Waals surface area contributed by atoms with Gasteiger partial charge in [0.15, 0.2) is 5.76 Å². The molecule has 2 aromatic rings. The number of aliphatic carboxylic acids is 1. The number of carboxylic acids is 1. The van der Waals surface area contributed by atoms with Crippen LogP contribution in [0.5, 0.6) is 0 Å². The standard InChI is InChI=1S/C16H15NO5/c1-10(16(21)17-9-14(18)19)11-4-2-5-12(8-11)15(20)13-6-3-7-22-13/h2-8,10H,9H2,1H3,(H,17,21)(H,18,19). The summed E-state index contributed by atoms with van der Waals surface area (Å²) in [5, 5.41) is 10.9. The lowest BCUT2D eigenvalue weighted by molar-refractivity contribution is -0.138. The molecular formula is C16H15NO5. The Hall–Kier alpha value is -2.89. The molecule has 2 rings (SSSR count). The molecule has 1 aromatic carbocycles. The van der Waals surface area contributed by atoms with Crippen molar-refractivity contribution in [3.63, 3.8) is 0 Å². The number of nitrogens with one attached hydrogen (secondary N) is 1. The number of rotatable bonds is 6. The van der Waals surface area contributed by atoms with E-state index in [1.165, 1.54) is 6.26 Å². The highest BCUT2D eigenvalue weighted by Crippen LogP contribution is 2.19. The summed E-state index contributed by atoms with van der Waals surface area (Å²) in [6, 6.07) is 9.82. The number of hydrogen-bond donors (Lipinski definition) is 2. The molecule has 1 atom stereocenters. The van der Waals surface area contributed by atoms with E-state index >= 15 is 0 Å². The van der Waals surface area contributed by atoms with Crippen LogP contribution in [0.1, 0.15) is 34.5 Å². The van der Waals surface area contributed by atoms with Gasteiger partial charge < -0.3 is 14.8 Å². The lowest BCUT2D eigenvalue weighted by Gasteiger charge is -2.12. The number of hydrogen-bond acceptors (Lipinski definition) is 4. The third-order valence-corrected chi connectivity index (χ3v) is 3.20. The zero-order valence-electron chi connectivity index (χ0n) is 11.9. The lowest BCUT2D eigenvalue weighted by Crippen LogP contribution is -2.32. The molecule has 0 bridgehead atoms. The minimum atomic E-state index is -1.11. The van der Waals surface area contributed by atoms with Crippen molar-refractivity contribution in [2.24, 2.45) is 0 Å². The van der Waals surface area contributed by atoms with Gasteiger partial charge in [-0.05, 0) is 30.7 Å². The first-order valence-corrected chi connectivity index (χ1v) is 6.66. The van der Waals surface area contributed by atoms with Crippen molar-refractivity contribution >= 4 is 17.7 Å². The molecule has 0 aliphatic rings. The van der Waals surface area contributed by atoms with Gasteiger partial charge in [-0.1, -0.05) is 18.2 Å². The molecule has 0 radical (unpaired) electrons. The predicted molar refractivity (Wildman–Crippen MR) is 77.6 cm³/mol. The molecule has 0 spiro atoms. The van der Waals surface area contributed by atoms with E-state index < -0.39 is 24.3 Å². The number of ketones is 1. The van der Waals surface area contributed by atoms with Crippen LogP contribution in [0.2, 0.25) is 0 Å². The molecule has 1 amide bonds. The Morgan fingerprint density at radius 1 is 1.23 bits per heavy atom. The average molecular weight is 301 g/mol. The zero-order chi connectivity index (χ0) is 16.1. The number of carbonyl (C=O) groups excluding carboxylic acids is 2. The molecule has 0 saturated carbocycles. The Morgan fingerprint density at radius 3 is 2.64 bits per heavy atom. The van der Waals surface area contributed by atoms with Crippen LogP contribution in [0.4, 0.5) is 0 Å². The van der Waals surface area contributed by atoms with Crippen molar-refractivity contribution in [3.05, 3.63) is 59.5 Å². The Bertz CT molecular complexity index is 690. The molecular weight excluding hydrogens is 286 g/mol. The smallest absolute Gasteiger partial charge is 0.322 e. The second kappa shape index (κ2) is 6.71. The van der Waals surface area contributed by atoms with Crippen LogP contribution < -0.4 is 5.32 Å². The second-order valence-electron chi connectivity index (χ2n) is 4.77. The van der Waals surface area contributed by atoms with Crippen molar-refractivity contribution in [2.75, 3.05) is 6.54 Å². The Labute approximate surface area is 126 Å². The molecule has 0 saturated heterocycles. The molecule has 2 N–H and O–H groups in total. The van der Waals surface area contributed by atoms with Crippen molar-refractivity contribution in [1.29, 1.82) is 0 Å². The maximum absolute atomic E-state index is 12.2. The fourth-order valence-electron chi connectivity index (χ4n) is 1.97. The van der Waals surface area contributed by atoms with E-state index in [9.17, 15) is 14.4 Å². The molecule has 114 valence electrons. The molecule has 0 aliphatic carbocycles. The van der Waals surface area contributed by atoms with E-state index in [0.717, 1.165) is 0 Å². The minimum absolute atomic E-state index is 0.222. The van der Waals surface area contributed by atoms with Crippen LogP contribution in [0.15, 0.2) is 47.1 Å². The summed E-state index contributed by atoms with van der Waals surface area (Å²) in [6.45, 7) is 1.21. The fourth-order valence-corrected chi connectivity index (χ4v) is 1.97. The monoisotopic (exact) mass is 301 g/mol. The highest BCUT2D eigenvalue weighted by Gasteiger charge is 2.18. The van der Waals surface area contributed by atoms with Crippen molar-refractivity contribution in [2.45, 2.75) is 12.8 Å².